The molecule has 1 atom stereocenters. The molecule has 14 heteroatoms. The van der Waals surface area contributed by atoms with Crippen molar-refractivity contribution in [2.24, 2.45) is 0 Å². The van der Waals surface area contributed by atoms with Gasteiger partial charge in [0.1, 0.15) is 11.4 Å². The SMILES string of the molecule is COc1cc(C(=O)Nc2cccc(-c3nccc(-c4ccc(CNC[C@H]5CCC(=O)N5)c(OC)n4)c3Cl)c2OC)ncc1CNCCO. The summed E-state index contributed by atoms with van der Waals surface area (Å²) >= 11 is 6.98. The Morgan fingerprint density at radius 3 is 2.58 bits per heavy atom. The van der Waals surface area contributed by atoms with Crippen LogP contribution in [-0.2, 0) is 17.9 Å². The standard InChI is InChI=1S/C34H38ClN7O6/c1-46-28-15-27(39-18-21(28)17-36-13-14-43)33(45)41-26-6-4-5-24(32(26)47-2)31-30(35)23(11-12-38-31)25-9-7-20(34(42-25)48-3)16-37-19-22-8-10-29(44)40-22/h4-7,9,11-12,15,18,22,36-37,43H,8,10,13-14,16-17,19H2,1-3H3,(H,40,44)(H,41,45)/t22-/m1/s1. The van der Waals surface area contributed by atoms with Crippen LogP contribution >= 0.6 is 11.6 Å². The number of aliphatic hydroxyl groups is 1. The van der Waals surface area contributed by atoms with Crippen molar-refractivity contribution in [1.29, 1.82) is 0 Å². The van der Waals surface area contributed by atoms with Gasteiger partial charge in [0.2, 0.25) is 11.8 Å². The van der Waals surface area contributed by atoms with Crippen LogP contribution in [0.15, 0.2) is 54.9 Å². The van der Waals surface area contributed by atoms with E-state index in [4.69, 9.17) is 35.9 Å². The van der Waals surface area contributed by atoms with Crippen molar-refractivity contribution in [2.75, 3.05) is 46.3 Å². The third-order valence-corrected chi connectivity index (χ3v) is 8.19. The highest BCUT2D eigenvalue weighted by atomic mass is 35.5. The highest BCUT2D eigenvalue weighted by molar-refractivity contribution is 6.35. The number of ether oxygens (including phenoxy) is 3. The van der Waals surface area contributed by atoms with Crippen LogP contribution in [0.5, 0.6) is 17.4 Å². The van der Waals surface area contributed by atoms with Gasteiger partial charge >= 0.3 is 0 Å². The Balaban J connectivity index is 1.36. The maximum atomic E-state index is 13.3. The van der Waals surface area contributed by atoms with E-state index in [1.807, 2.05) is 12.1 Å². The number of benzene rings is 1. The molecule has 0 aliphatic carbocycles. The molecule has 1 aliphatic rings. The van der Waals surface area contributed by atoms with Gasteiger partial charge in [0.25, 0.3) is 5.91 Å². The van der Waals surface area contributed by atoms with E-state index in [0.29, 0.717) is 83.2 Å². The normalized spacial score (nSPS) is 14.0. The van der Waals surface area contributed by atoms with Crippen molar-refractivity contribution < 1.29 is 28.9 Å². The number of hydrogen-bond acceptors (Lipinski definition) is 11. The van der Waals surface area contributed by atoms with Gasteiger partial charge in [-0.1, -0.05) is 23.7 Å². The molecule has 0 saturated carbocycles. The van der Waals surface area contributed by atoms with Crippen molar-refractivity contribution in [1.82, 2.24) is 30.9 Å². The molecule has 0 spiro atoms. The van der Waals surface area contributed by atoms with Crippen molar-refractivity contribution in [3.05, 3.63) is 76.7 Å². The Morgan fingerprint density at radius 1 is 1.02 bits per heavy atom. The lowest BCUT2D eigenvalue weighted by molar-refractivity contribution is -0.119. The third-order valence-electron chi connectivity index (χ3n) is 7.81. The molecule has 1 aliphatic heterocycles. The maximum absolute atomic E-state index is 13.3. The minimum Gasteiger partial charge on any atom is -0.496 e. The second-order valence-corrected chi connectivity index (χ2v) is 11.3. The Morgan fingerprint density at radius 2 is 1.85 bits per heavy atom. The molecule has 1 aromatic carbocycles. The van der Waals surface area contributed by atoms with Gasteiger partial charge in [-0.3, -0.25) is 19.6 Å². The van der Waals surface area contributed by atoms with E-state index in [-0.39, 0.29) is 24.2 Å². The number of pyridine rings is 3. The zero-order chi connectivity index (χ0) is 34.0. The molecule has 48 heavy (non-hydrogen) atoms. The molecule has 4 aromatic rings. The molecule has 13 nitrogen and oxygen atoms in total. The van der Waals surface area contributed by atoms with Crippen LogP contribution in [0, 0.1) is 0 Å². The number of methoxy groups -OCH3 is 3. The summed E-state index contributed by atoms with van der Waals surface area (Å²) in [6, 6.07) is 12.5. The fourth-order valence-electron chi connectivity index (χ4n) is 5.41. The number of amides is 2. The van der Waals surface area contributed by atoms with E-state index >= 15 is 0 Å². The van der Waals surface area contributed by atoms with Crippen molar-refractivity contribution in [3.63, 3.8) is 0 Å². The predicted octanol–water partition coefficient (Wildman–Crippen LogP) is 3.59. The fourth-order valence-corrected chi connectivity index (χ4v) is 5.72. The van der Waals surface area contributed by atoms with Gasteiger partial charge < -0.3 is 40.6 Å². The number of carbonyl (C=O) groups excluding carboxylic acids is 2. The minimum absolute atomic E-state index is 0.00360. The lowest BCUT2D eigenvalue weighted by Crippen LogP contribution is -2.35. The quantitative estimate of drug-likeness (QED) is 0.117. The topological polar surface area (TPSA) is 169 Å². The van der Waals surface area contributed by atoms with Crippen LogP contribution in [0.1, 0.15) is 34.5 Å². The second kappa shape index (κ2) is 16.3. The van der Waals surface area contributed by atoms with Crippen molar-refractivity contribution in [3.8, 4) is 39.9 Å². The van der Waals surface area contributed by atoms with E-state index in [2.05, 4.69) is 31.2 Å². The number of rotatable bonds is 15. The number of halogens is 1. The van der Waals surface area contributed by atoms with Crippen LogP contribution < -0.4 is 35.5 Å². The van der Waals surface area contributed by atoms with Gasteiger partial charge in [-0.15, -0.1) is 0 Å². The molecule has 4 heterocycles. The average Bonchev–Trinajstić information content (AvgIpc) is 3.53. The number of nitrogens with one attached hydrogen (secondary N) is 4. The Kier molecular flexibility index (Phi) is 11.7. The van der Waals surface area contributed by atoms with Crippen LogP contribution in [0.2, 0.25) is 5.02 Å². The molecule has 0 bridgehead atoms. The molecule has 0 radical (unpaired) electrons. The summed E-state index contributed by atoms with van der Waals surface area (Å²) in [5.41, 5.74) is 4.37. The lowest BCUT2D eigenvalue weighted by Gasteiger charge is -2.17. The van der Waals surface area contributed by atoms with E-state index in [0.717, 1.165) is 17.5 Å². The summed E-state index contributed by atoms with van der Waals surface area (Å²) in [4.78, 5) is 38.4. The summed E-state index contributed by atoms with van der Waals surface area (Å²) in [6.07, 6.45) is 4.56. The largest absolute Gasteiger partial charge is 0.496 e. The first-order chi connectivity index (χ1) is 23.4. The summed E-state index contributed by atoms with van der Waals surface area (Å²) in [5.74, 6) is 0.914. The van der Waals surface area contributed by atoms with Crippen LogP contribution in [0.25, 0.3) is 22.5 Å². The molecule has 5 rings (SSSR count). The number of aromatic nitrogens is 3. The monoisotopic (exact) mass is 675 g/mol. The van der Waals surface area contributed by atoms with Gasteiger partial charge in [0.15, 0.2) is 5.75 Å². The zero-order valence-corrected chi connectivity index (χ0v) is 27.7. The molecule has 5 N–H and O–H groups in total. The number of nitrogens with zero attached hydrogens (tertiary/aromatic N) is 3. The molecule has 1 fully saturated rings. The zero-order valence-electron chi connectivity index (χ0n) is 26.9. The minimum atomic E-state index is -0.467. The van der Waals surface area contributed by atoms with Gasteiger partial charge in [-0.25, -0.2) is 4.98 Å². The Labute approximate surface area is 283 Å². The molecule has 252 valence electrons. The van der Waals surface area contributed by atoms with E-state index in [1.165, 1.54) is 14.2 Å². The highest BCUT2D eigenvalue weighted by Crippen LogP contribution is 2.41. The van der Waals surface area contributed by atoms with E-state index in [9.17, 15) is 9.59 Å². The number of hydrogen-bond donors (Lipinski definition) is 5. The van der Waals surface area contributed by atoms with Gasteiger partial charge in [0, 0.05) is 79.4 Å². The van der Waals surface area contributed by atoms with Gasteiger partial charge in [0.05, 0.1) is 50.0 Å². The van der Waals surface area contributed by atoms with Gasteiger partial charge in [-0.05, 0) is 30.7 Å². The summed E-state index contributed by atoms with van der Waals surface area (Å²) in [7, 11) is 4.58. The number of para-hydroxylation sites is 1. The molecule has 2 amide bonds. The molecule has 1 saturated heterocycles. The summed E-state index contributed by atoms with van der Waals surface area (Å²) in [5, 5.41) is 21.6. The first-order valence-corrected chi connectivity index (χ1v) is 15.8. The number of carbonyl (C=O) groups is 2. The second-order valence-electron chi connectivity index (χ2n) is 10.9. The number of anilines is 1. The first kappa shape index (κ1) is 34.5. The highest BCUT2D eigenvalue weighted by Gasteiger charge is 2.22. The lowest BCUT2D eigenvalue weighted by atomic mass is 10.0. The predicted molar refractivity (Wildman–Crippen MR) is 181 cm³/mol. The molecule has 3 aromatic heterocycles. The molecular weight excluding hydrogens is 638 g/mol. The fraction of sp³-hybridized carbons (Fsp3) is 0.324. The Hall–Kier alpha value is -4.82. The van der Waals surface area contributed by atoms with Crippen LogP contribution in [0.4, 0.5) is 5.69 Å². The van der Waals surface area contributed by atoms with Crippen LogP contribution in [-0.4, -0.2) is 78.9 Å². The molecular formula is C34H38ClN7O6. The average molecular weight is 676 g/mol. The smallest absolute Gasteiger partial charge is 0.274 e. The van der Waals surface area contributed by atoms with Crippen molar-refractivity contribution in [2.45, 2.75) is 32.0 Å². The van der Waals surface area contributed by atoms with E-state index < -0.39 is 5.91 Å². The molecule has 0 unspecified atom stereocenters. The van der Waals surface area contributed by atoms with Gasteiger partial charge in [-0.2, -0.15) is 0 Å². The van der Waals surface area contributed by atoms with Crippen molar-refractivity contribution >= 4 is 29.1 Å². The first-order valence-electron chi connectivity index (χ1n) is 15.4. The maximum Gasteiger partial charge on any atom is 0.274 e. The van der Waals surface area contributed by atoms with Crippen LogP contribution in [0.3, 0.4) is 0 Å². The summed E-state index contributed by atoms with van der Waals surface area (Å²) < 4.78 is 16.8. The van der Waals surface area contributed by atoms with E-state index in [1.54, 1.807) is 49.8 Å². The number of aliphatic hydroxyl groups excluding tert-OH is 1. The Bertz CT molecular complexity index is 1770. The summed E-state index contributed by atoms with van der Waals surface area (Å²) in [6.45, 7) is 2.01. The third kappa shape index (κ3) is 8.00.